The van der Waals surface area contributed by atoms with Crippen molar-refractivity contribution in [1.82, 2.24) is 4.90 Å². The summed E-state index contributed by atoms with van der Waals surface area (Å²) in [6.45, 7) is 1.33. The van der Waals surface area contributed by atoms with Gasteiger partial charge < -0.3 is 5.73 Å². The second-order valence-electron chi connectivity index (χ2n) is 6.34. The molecule has 116 valence electrons. The summed E-state index contributed by atoms with van der Waals surface area (Å²) in [5.41, 5.74) is 8.61. The van der Waals surface area contributed by atoms with Crippen molar-refractivity contribution >= 4 is 20.6 Å². The van der Waals surface area contributed by atoms with Crippen molar-refractivity contribution in [2.45, 2.75) is 25.0 Å². The minimum atomic E-state index is -2.88. The molecule has 0 aliphatic carbocycles. The number of rotatable bonds is 2. The molecule has 2 heterocycles. The van der Waals surface area contributed by atoms with Crippen LogP contribution in [-0.2, 0) is 16.4 Å². The molecule has 22 heavy (non-hydrogen) atoms. The van der Waals surface area contributed by atoms with E-state index in [4.69, 9.17) is 5.73 Å². The molecule has 4 rings (SSSR count). The summed E-state index contributed by atoms with van der Waals surface area (Å²) in [6.07, 6.45) is 0.727. The highest BCUT2D eigenvalue weighted by Crippen LogP contribution is 2.40. The van der Waals surface area contributed by atoms with Gasteiger partial charge in [0.15, 0.2) is 9.84 Å². The van der Waals surface area contributed by atoms with Crippen LogP contribution in [0.25, 0.3) is 10.8 Å². The highest BCUT2D eigenvalue weighted by atomic mass is 32.2. The molecule has 0 radical (unpaired) electrons. The summed E-state index contributed by atoms with van der Waals surface area (Å²) in [6, 6.07) is 12.9. The number of nitrogens with zero attached hydrogens (tertiary/aromatic N) is 1. The molecular formula is C17H20N2O2S. The number of sulfone groups is 1. The summed E-state index contributed by atoms with van der Waals surface area (Å²) in [5, 5.41) is 2.50. The molecule has 1 fully saturated rings. The lowest BCUT2D eigenvalue weighted by molar-refractivity contribution is 0.164. The van der Waals surface area contributed by atoms with Crippen LogP contribution in [0.3, 0.4) is 0 Å². The lowest BCUT2D eigenvalue weighted by Crippen LogP contribution is -2.37. The Labute approximate surface area is 130 Å². The first-order valence-corrected chi connectivity index (χ1v) is 9.58. The maximum Gasteiger partial charge on any atom is 0.151 e. The van der Waals surface area contributed by atoms with Gasteiger partial charge in [-0.3, -0.25) is 4.90 Å². The Morgan fingerprint density at radius 3 is 2.73 bits per heavy atom. The molecule has 2 aliphatic rings. The van der Waals surface area contributed by atoms with Crippen molar-refractivity contribution in [1.29, 1.82) is 0 Å². The number of hydrogen-bond acceptors (Lipinski definition) is 4. The van der Waals surface area contributed by atoms with Crippen LogP contribution in [0.5, 0.6) is 0 Å². The van der Waals surface area contributed by atoms with Crippen LogP contribution in [0.2, 0.25) is 0 Å². The molecule has 2 aliphatic heterocycles. The minimum Gasteiger partial charge on any atom is -0.329 e. The second-order valence-corrected chi connectivity index (χ2v) is 8.56. The average Bonchev–Trinajstić information content (AvgIpc) is 3.06. The lowest BCUT2D eigenvalue weighted by atomic mass is 9.98. The topological polar surface area (TPSA) is 63.4 Å². The SMILES string of the molecule is NCC1c2ccc3ccccc3c2CN1C1CCS(=O)(=O)C1. The summed E-state index contributed by atoms with van der Waals surface area (Å²) in [7, 11) is -2.88. The number of nitrogens with two attached hydrogens (primary N) is 1. The highest BCUT2D eigenvalue weighted by molar-refractivity contribution is 7.91. The van der Waals surface area contributed by atoms with E-state index in [9.17, 15) is 8.42 Å². The molecule has 1 saturated heterocycles. The minimum absolute atomic E-state index is 0.102. The van der Waals surface area contributed by atoms with Crippen molar-refractivity contribution in [3.8, 4) is 0 Å². The first-order valence-electron chi connectivity index (χ1n) is 7.76. The molecular weight excluding hydrogens is 296 g/mol. The fraction of sp³-hybridized carbons (Fsp3) is 0.412. The third-order valence-corrected chi connectivity index (χ3v) is 6.83. The van der Waals surface area contributed by atoms with Crippen LogP contribution in [0.4, 0.5) is 0 Å². The third kappa shape index (κ3) is 2.16. The zero-order chi connectivity index (χ0) is 15.3. The van der Waals surface area contributed by atoms with E-state index in [1.54, 1.807) is 0 Å². The maximum absolute atomic E-state index is 11.8. The molecule has 4 nitrogen and oxygen atoms in total. The Morgan fingerprint density at radius 1 is 1.18 bits per heavy atom. The van der Waals surface area contributed by atoms with Gasteiger partial charge in [-0.25, -0.2) is 8.42 Å². The van der Waals surface area contributed by atoms with Crippen molar-refractivity contribution < 1.29 is 8.42 Å². The van der Waals surface area contributed by atoms with E-state index >= 15 is 0 Å². The molecule has 0 spiro atoms. The van der Waals surface area contributed by atoms with E-state index in [-0.39, 0.29) is 17.8 Å². The van der Waals surface area contributed by atoms with Crippen molar-refractivity contribution in [3.63, 3.8) is 0 Å². The maximum atomic E-state index is 11.8. The molecule has 2 aromatic carbocycles. The fourth-order valence-electron chi connectivity index (χ4n) is 4.00. The number of fused-ring (bicyclic) bond motifs is 3. The lowest BCUT2D eigenvalue weighted by Gasteiger charge is -2.29. The van der Waals surface area contributed by atoms with E-state index < -0.39 is 9.84 Å². The van der Waals surface area contributed by atoms with Gasteiger partial charge in [0.2, 0.25) is 0 Å². The molecule has 0 amide bonds. The van der Waals surface area contributed by atoms with Gasteiger partial charge in [-0.1, -0.05) is 36.4 Å². The molecule has 5 heteroatoms. The van der Waals surface area contributed by atoms with Crippen LogP contribution in [-0.4, -0.2) is 37.4 Å². The third-order valence-electron chi connectivity index (χ3n) is 5.08. The Morgan fingerprint density at radius 2 is 2.00 bits per heavy atom. The highest BCUT2D eigenvalue weighted by Gasteiger charge is 2.39. The molecule has 0 saturated carbocycles. The van der Waals surface area contributed by atoms with E-state index in [0.29, 0.717) is 12.3 Å². The molecule has 2 atom stereocenters. The second kappa shape index (κ2) is 5.05. The van der Waals surface area contributed by atoms with Gasteiger partial charge in [-0.05, 0) is 28.3 Å². The predicted molar refractivity (Wildman–Crippen MR) is 88.3 cm³/mol. The molecule has 2 unspecified atom stereocenters. The summed E-state index contributed by atoms with van der Waals surface area (Å²) >= 11 is 0. The molecule has 0 bridgehead atoms. The van der Waals surface area contributed by atoms with E-state index in [1.807, 2.05) is 6.07 Å². The van der Waals surface area contributed by atoms with E-state index in [0.717, 1.165) is 13.0 Å². The van der Waals surface area contributed by atoms with Gasteiger partial charge in [-0.15, -0.1) is 0 Å². The largest absolute Gasteiger partial charge is 0.329 e. The normalized spacial score (nSPS) is 27.3. The Hall–Kier alpha value is -1.43. The van der Waals surface area contributed by atoms with Gasteiger partial charge in [0.05, 0.1) is 11.5 Å². The predicted octanol–water partition coefficient (Wildman–Crippen LogP) is 1.84. The Kier molecular flexibility index (Phi) is 3.25. The Bertz CT molecular complexity index is 832. The van der Waals surface area contributed by atoms with Crippen molar-refractivity contribution in [2.24, 2.45) is 5.73 Å². The zero-order valence-corrected chi connectivity index (χ0v) is 13.2. The first kappa shape index (κ1) is 14.2. The van der Waals surface area contributed by atoms with Crippen LogP contribution in [0.15, 0.2) is 36.4 Å². The standard InChI is InChI=1S/C17H20N2O2S/c18-9-17-15-6-5-12-3-1-2-4-14(12)16(15)10-19(17)13-7-8-22(20,21)11-13/h1-6,13,17H,7-11,18H2. The van der Waals surface area contributed by atoms with Gasteiger partial charge >= 0.3 is 0 Å². The van der Waals surface area contributed by atoms with Crippen molar-refractivity contribution in [2.75, 3.05) is 18.1 Å². The first-order chi connectivity index (χ1) is 10.6. The summed E-state index contributed by atoms with van der Waals surface area (Å²) in [4.78, 5) is 2.31. The van der Waals surface area contributed by atoms with Gasteiger partial charge in [0.1, 0.15) is 0 Å². The number of benzene rings is 2. The van der Waals surface area contributed by atoms with Gasteiger partial charge in [0.25, 0.3) is 0 Å². The molecule has 2 N–H and O–H groups in total. The summed E-state index contributed by atoms with van der Waals surface area (Å²) in [5.74, 6) is 0.581. The fourth-order valence-corrected chi connectivity index (χ4v) is 5.74. The van der Waals surface area contributed by atoms with Crippen LogP contribution in [0.1, 0.15) is 23.6 Å². The summed E-state index contributed by atoms with van der Waals surface area (Å²) < 4.78 is 23.6. The number of hydrogen-bond donors (Lipinski definition) is 1. The van der Waals surface area contributed by atoms with E-state index in [2.05, 4.69) is 35.2 Å². The zero-order valence-electron chi connectivity index (χ0n) is 12.4. The van der Waals surface area contributed by atoms with Crippen LogP contribution in [0, 0.1) is 0 Å². The Balaban J connectivity index is 1.77. The molecule has 2 aromatic rings. The average molecular weight is 316 g/mol. The monoisotopic (exact) mass is 316 g/mol. The van der Waals surface area contributed by atoms with Crippen LogP contribution < -0.4 is 5.73 Å². The van der Waals surface area contributed by atoms with Gasteiger partial charge in [0, 0.05) is 25.2 Å². The quantitative estimate of drug-likeness (QED) is 0.918. The van der Waals surface area contributed by atoms with Gasteiger partial charge in [-0.2, -0.15) is 0 Å². The van der Waals surface area contributed by atoms with E-state index in [1.165, 1.54) is 21.9 Å². The molecule has 0 aromatic heterocycles. The van der Waals surface area contributed by atoms with Crippen LogP contribution >= 0.6 is 0 Å². The van der Waals surface area contributed by atoms with Crippen molar-refractivity contribution in [3.05, 3.63) is 47.5 Å². The smallest absolute Gasteiger partial charge is 0.151 e.